The van der Waals surface area contributed by atoms with Crippen LogP contribution < -0.4 is 5.73 Å². The van der Waals surface area contributed by atoms with Gasteiger partial charge in [0.2, 0.25) is 0 Å². The van der Waals surface area contributed by atoms with Crippen molar-refractivity contribution in [1.29, 1.82) is 0 Å². The van der Waals surface area contributed by atoms with E-state index in [9.17, 15) is 0 Å². The summed E-state index contributed by atoms with van der Waals surface area (Å²) in [6, 6.07) is 6.04. The largest absolute Gasteiger partial charge is 0.398 e. The summed E-state index contributed by atoms with van der Waals surface area (Å²) in [7, 11) is 0. The molecule has 66 valence electrons. The highest BCUT2D eigenvalue weighted by molar-refractivity contribution is 5.85. The Hall–Kier alpha value is -0.730. The summed E-state index contributed by atoms with van der Waals surface area (Å²) in [5.74, 6) is 0. The maximum Gasteiger partial charge on any atom is 0.0739 e. The lowest BCUT2D eigenvalue weighted by Gasteiger charge is -2.17. The van der Waals surface area contributed by atoms with Crippen molar-refractivity contribution in [3.63, 3.8) is 0 Å². The molecule has 0 saturated heterocycles. The number of halogens is 1. The van der Waals surface area contributed by atoms with E-state index < -0.39 is 0 Å². The molecule has 1 aromatic rings. The number of ether oxygens (including phenoxy) is 1. The van der Waals surface area contributed by atoms with Crippen LogP contribution in [-0.2, 0) is 17.8 Å². The van der Waals surface area contributed by atoms with Gasteiger partial charge >= 0.3 is 0 Å². The Morgan fingerprint density at radius 3 is 2.92 bits per heavy atom. The lowest BCUT2D eigenvalue weighted by atomic mass is 10.0. The summed E-state index contributed by atoms with van der Waals surface area (Å²) >= 11 is 0. The van der Waals surface area contributed by atoms with Gasteiger partial charge in [-0.1, -0.05) is 12.1 Å². The Morgan fingerprint density at radius 2 is 2.17 bits per heavy atom. The lowest BCUT2D eigenvalue weighted by Crippen LogP contribution is -2.11. The molecular formula is C9H12ClNO. The van der Waals surface area contributed by atoms with E-state index in [1.807, 2.05) is 12.1 Å². The predicted octanol–water partition coefficient (Wildman–Crippen LogP) is 1.76. The maximum absolute atomic E-state index is 5.76. The second-order valence-electron chi connectivity index (χ2n) is 2.79. The molecule has 0 atom stereocenters. The van der Waals surface area contributed by atoms with Crippen molar-refractivity contribution in [2.75, 3.05) is 12.3 Å². The topological polar surface area (TPSA) is 35.2 Å². The molecule has 1 heterocycles. The quantitative estimate of drug-likeness (QED) is 0.626. The number of hydrogen-bond acceptors (Lipinski definition) is 2. The third-order valence-electron chi connectivity index (χ3n) is 2.07. The van der Waals surface area contributed by atoms with Gasteiger partial charge in [0.1, 0.15) is 0 Å². The second-order valence-corrected chi connectivity index (χ2v) is 2.79. The van der Waals surface area contributed by atoms with E-state index in [1.165, 1.54) is 11.1 Å². The average molecular weight is 186 g/mol. The second kappa shape index (κ2) is 3.78. The fourth-order valence-electron chi connectivity index (χ4n) is 1.42. The van der Waals surface area contributed by atoms with Crippen LogP contribution in [0.3, 0.4) is 0 Å². The predicted molar refractivity (Wildman–Crippen MR) is 51.5 cm³/mol. The minimum absolute atomic E-state index is 0. The van der Waals surface area contributed by atoms with Crippen LogP contribution in [0.25, 0.3) is 0 Å². The van der Waals surface area contributed by atoms with Gasteiger partial charge in [0.05, 0.1) is 13.2 Å². The summed E-state index contributed by atoms with van der Waals surface area (Å²) in [5.41, 5.74) is 9.15. The first-order valence-corrected chi connectivity index (χ1v) is 3.82. The minimum Gasteiger partial charge on any atom is -0.398 e. The molecule has 0 saturated carbocycles. The van der Waals surface area contributed by atoms with E-state index in [0.717, 1.165) is 18.7 Å². The van der Waals surface area contributed by atoms with Crippen LogP contribution in [-0.4, -0.2) is 6.61 Å². The van der Waals surface area contributed by atoms with E-state index >= 15 is 0 Å². The van der Waals surface area contributed by atoms with Crippen molar-refractivity contribution in [3.8, 4) is 0 Å². The van der Waals surface area contributed by atoms with Gasteiger partial charge in [-0.2, -0.15) is 0 Å². The normalized spacial score (nSPS) is 14.7. The van der Waals surface area contributed by atoms with E-state index in [2.05, 4.69) is 6.07 Å². The van der Waals surface area contributed by atoms with Crippen LogP contribution >= 0.6 is 12.4 Å². The van der Waals surface area contributed by atoms with Gasteiger partial charge in [0.15, 0.2) is 0 Å². The number of rotatable bonds is 0. The van der Waals surface area contributed by atoms with Gasteiger partial charge in [-0.15, -0.1) is 12.4 Å². The van der Waals surface area contributed by atoms with Crippen LogP contribution in [0.5, 0.6) is 0 Å². The van der Waals surface area contributed by atoms with Crippen LogP contribution in [0.2, 0.25) is 0 Å². The Bertz CT molecular complexity index is 275. The molecular weight excluding hydrogens is 174 g/mol. The highest BCUT2D eigenvalue weighted by Gasteiger charge is 2.10. The third kappa shape index (κ3) is 1.54. The zero-order chi connectivity index (χ0) is 7.68. The molecule has 1 aliphatic rings. The van der Waals surface area contributed by atoms with Crippen LogP contribution in [0, 0.1) is 0 Å². The van der Waals surface area contributed by atoms with Crippen molar-refractivity contribution < 1.29 is 4.74 Å². The first kappa shape index (κ1) is 9.36. The standard InChI is InChI=1S/C9H11NO.ClH/c10-9-3-1-2-7-4-5-11-6-8(7)9;/h1-3H,4-6,10H2;1H. The monoisotopic (exact) mass is 185 g/mol. The van der Waals surface area contributed by atoms with Crippen molar-refractivity contribution in [2.45, 2.75) is 13.0 Å². The van der Waals surface area contributed by atoms with E-state index in [4.69, 9.17) is 10.5 Å². The number of hydrogen-bond donors (Lipinski definition) is 1. The Kier molecular flexibility index (Phi) is 2.95. The summed E-state index contributed by atoms with van der Waals surface area (Å²) in [6.45, 7) is 1.51. The molecule has 0 aliphatic carbocycles. The average Bonchev–Trinajstić information content (AvgIpc) is 2.06. The van der Waals surface area contributed by atoms with Gasteiger partial charge in [-0.05, 0) is 18.1 Å². The Balaban J connectivity index is 0.000000720. The van der Waals surface area contributed by atoms with Crippen LogP contribution in [0.4, 0.5) is 5.69 Å². The molecule has 0 radical (unpaired) electrons. The minimum atomic E-state index is 0. The molecule has 2 N–H and O–H groups in total. The molecule has 1 aliphatic heterocycles. The van der Waals surface area contributed by atoms with Gasteiger partial charge in [-0.25, -0.2) is 0 Å². The molecule has 2 rings (SSSR count). The smallest absolute Gasteiger partial charge is 0.0739 e. The van der Waals surface area contributed by atoms with Crippen molar-refractivity contribution in [2.24, 2.45) is 0 Å². The summed E-state index contributed by atoms with van der Waals surface area (Å²) < 4.78 is 5.30. The fourth-order valence-corrected chi connectivity index (χ4v) is 1.42. The molecule has 0 fully saturated rings. The number of nitrogens with two attached hydrogens (primary N) is 1. The first-order chi connectivity index (χ1) is 5.38. The van der Waals surface area contributed by atoms with Crippen LogP contribution in [0.1, 0.15) is 11.1 Å². The zero-order valence-corrected chi connectivity index (χ0v) is 7.56. The van der Waals surface area contributed by atoms with Gasteiger partial charge in [-0.3, -0.25) is 0 Å². The number of nitrogen functional groups attached to an aromatic ring is 1. The van der Waals surface area contributed by atoms with E-state index in [1.54, 1.807) is 0 Å². The van der Waals surface area contributed by atoms with Gasteiger partial charge in [0, 0.05) is 11.3 Å². The molecule has 3 heteroatoms. The summed E-state index contributed by atoms with van der Waals surface area (Å²) in [5, 5.41) is 0. The highest BCUT2D eigenvalue weighted by Crippen LogP contribution is 2.21. The first-order valence-electron chi connectivity index (χ1n) is 3.82. The number of anilines is 1. The highest BCUT2D eigenvalue weighted by atomic mass is 35.5. The van der Waals surface area contributed by atoms with Crippen molar-refractivity contribution in [3.05, 3.63) is 29.3 Å². The van der Waals surface area contributed by atoms with Crippen molar-refractivity contribution in [1.82, 2.24) is 0 Å². The maximum atomic E-state index is 5.76. The van der Waals surface area contributed by atoms with Gasteiger partial charge < -0.3 is 10.5 Å². The molecule has 12 heavy (non-hydrogen) atoms. The number of fused-ring (bicyclic) bond motifs is 1. The van der Waals surface area contributed by atoms with E-state index in [0.29, 0.717) is 6.61 Å². The summed E-state index contributed by atoms with van der Waals surface area (Å²) in [6.07, 6.45) is 1.00. The molecule has 0 amide bonds. The lowest BCUT2D eigenvalue weighted by molar-refractivity contribution is 0.111. The Morgan fingerprint density at radius 1 is 1.33 bits per heavy atom. The molecule has 1 aromatic carbocycles. The molecule has 0 spiro atoms. The molecule has 0 aromatic heterocycles. The third-order valence-corrected chi connectivity index (χ3v) is 2.07. The number of benzene rings is 1. The van der Waals surface area contributed by atoms with E-state index in [-0.39, 0.29) is 12.4 Å². The SMILES string of the molecule is Cl.Nc1cccc2c1COCC2. The molecule has 2 nitrogen and oxygen atoms in total. The fraction of sp³-hybridized carbons (Fsp3) is 0.333. The van der Waals surface area contributed by atoms with Crippen LogP contribution in [0.15, 0.2) is 18.2 Å². The zero-order valence-electron chi connectivity index (χ0n) is 6.75. The van der Waals surface area contributed by atoms with Crippen molar-refractivity contribution >= 4 is 18.1 Å². The molecule has 0 bridgehead atoms. The van der Waals surface area contributed by atoms with Gasteiger partial charge in [0.25, 0.3) is 0 Å². The molecule has 0 unspecified atom stereocenters. The Labute approximate surface area is 78.1 Å². The summed E-state index contributed by atoms with van der Waals surface area (Å²) in [4.78, 5) is 0.